The molecule has 3 aromatic carbocycles. The zero-order valence-electron chi connectivity index (χ0n) is 21.3. The van der Waals surface area contributed by atoms with E-state index in [1.807, 2.05) is 48.5 Å². The van der Waals surface area contributed by atoms with E-state index in [0.717, 1.165) is 59.8 Å². The van der Waals surface area contributed by atoms with Gasteiger partial charge < -0.3 is 29.4 Å². The number of carbonyl (C=O) groups excluding carboxylic acids is 1. The van der Waals surface area contributed by atoms with Gasteiger partial charge in [0.1, 0.15) is 11.4 Å². The first-order chi connectivity index (χ1) is 17.5. The molecule has 2 N–H and O–H groups in total. The summed E-state index contributed by atoms with van der Waals surface area (Å²) in [6, 6.07) is 21.6. The number of aromatic amines is 1. The second-order valence-electron chi connectivity index (χ2n) is 8.82. The van der Waals surface area contributed by atoms with Crippen LogP contribution in [-0.4, -0.2) is 50.7 Å². The summed E-state index contributed by atoms with van der Waals surface area (Å²) in [6.07, 6.45) is 2.00. The number of methoxy groups -OCH3 is 3. The van der Waals surface area contributed by atoms with Gasteiger partial charge in [-0.25, -0.2) is 0 Å². The number of fused-ring (bicyclic) bond motifs is 1. The molecule has 36 heavy (non-hydrogen) atoms. The summed E-state index contributed by atoms with van der Waals surface area (Å²) in [7, 11) is 7.05. The van der Waals surface area contributed by atoms with Gasteiger partial charge in [0.2, 0.25) is 0 Å². The molecular formula is C29H33N3O4. The smallest absolute Gasteiger partial charge is 0.272 e. The van der Waals surface area contributed by atoms with Gasteiger partial charge in [-0.15, -0.1) is 0 Å². The fourth-order valence-electron chi connectivity index (χ4n) is 4.24. The lowest BCUT2D eigenvalue weighted by molar-refractivity contribution is 0.102. The number of hydrogen-bond donors (Lipinski definition) is 2. The van der Waals surface area contributed by atoms with E-state index in [-0.39, 0.29) is 5.91 Å². The summed E-state index contributed by atoms with van der Waals surface area (Å²) >= 11 is 0. The molecule has 0 aliphatic heterocycles. The van der Waals surface area contributed by atoms with E-state index < -0.39 is 0 Å². The number of nitrogens with one attached hydrogen (secondary N) is 2. The zero-order chi connectivity index (χ0) is 25.5. The number of amides is 1. The first-order valence-corrected chi connectivity index (χ1v) is 12.0. The SMILES string of the molecule is COc1ccc2[nH]c(C(=O)Nc3ccc(CCCN(C)Cc4ccc(OC)c(OC)c4)cc3)cc2c1. The van der Waals surface area contributed by atoms with E-state index in [1.54, 1.807) is 21.3 Å². The van der Waals surface area contributed by atoms with Crippen LogP contribution >= 0.6 is 0 Å². The predicted molar refractivity (Wildman–Crippen MR) is 143 cm³/mol. The Bertz CT molecular complexity index is 1310. The van der Waals surface area contributed by atoms with Gasteiger partial charge in [0.25, 0.3) is 5.91 Å². The number of aromatic nitrogens is 1. The summed E-state index contributed by atoms with van der Waals surface area (Å²) < 4.78 is 16.0. The summed E-state index contributed by atoms with van der Waals surface area (Å²) in [5.74, 6) is 2.08. The quantitative estimate of drug-likeness (QED) is 0.292. The maximum atomic E-state index is 12.7. The third kappa shape index (κ3) is 6.17. The molecule has 0 aliphatic carbocycles. The van der Waals surface area contributed by atoms with Crippen LogP contribution in [-0.2, 0) is 13.0 Å². The lowest BCUT2D eigenvalue weighted by atomic mass is 10.1. The van der Waals surface area contributed by atoms with E-state index in [9.17, 15) is 4.79 Å². The highest BCUT2D eigenvalue weighted by molar-refractivity contribution is 6.06. The van der Waals surface area contributed by atoms with Gasteiger partial charge in [-0.1, -0.05) is 18.2 Å². The molecule has 1 amide bonds. The van der Waals surface area contributed by atoms with Crippen LogP contribution in [0, 0.1) is 0 Å². The minimum absolute atomic E-state index is 0.172. The second kappa shape index (κ2) is 11.6. The van der Waals surface area contributed by atoms with Crippen molar-refractivity contribution in [2.75, 3.05) is 40.2 Å². The second-order valence-corrected chi connectivity index (χ2v) is 8.82. The number of ether oxygens (including phenoxy) is 3. The Balaban J connectivity index is 1.26. The third-order valence-corrected chi connectivity index (χ3v) is 6.19. The van der Waals surface area contributed by atoms with E-state index in [0.29, 0.717) is 5.69 Å². The monoisotopic (exact) mass is 487 g/mol. The van der Waals surface area contributed by atoms with Crippen LogP contribution in [0.1, 0.15) is 28.0 Å². The molecule has 0 atom stereocenters. The Kier molecular flexibility index (Phi) is 8.13. The highest BCUT2D eigenvalue weighted by Gasteiger charge is 2.11. The van der Waals surface area contributed by atoms with Crippen LogP contribution in [0.25, 0.3) is 10.9 Å². The number of rotatable bonds is 11. The molecule has 0 bridgehead atoms. The van der Waals surface area contributed by atoms with Crippen molar-refractivity contribution >= 4 is 22.5 Å². The topological polar surface area (TPSA) is 75.8 Å². The predicted octanol–water partition coefficient (Wildman–Crippen LogP) is 5.51. The molecular weight excluding hydrogens is 454 g/mol. The summed E-state index contributed by atoms with van der Waals surface area (Å²) in [4.78, 5) is 18.2. The van der Waals surface area contributed by atoms with Crippen LogP contribution in [0.5, 0.6) is 17.2 Å². The molecule has 188 valence electrons. The number of benzene rings is 3. The molecule has 1 heterocycles. The number of hydrogen-bond acceptors (Lipinski definition) is 5. The van der Waals surface area contributed by atoms with Crippen molar-refractivity contribution in [2.45, 2.75) is 19.4 Å². The van der Waals surface area contributed by atoms with Crippen molar-refractivity contribution in [1.29, 1.82) is 0 Å². The van der Waals surface area contributed by atoms with Gasteiger partial charge >= 0.3 is 0 Å². The number of nitrogens with zero attached hydrogens (tertiary/aromatic N) is 1. The van der Waals surface area contributed by atoms with Crippen molar-refractivity contribution in [3.8, 4) is 17.2 Å². The Morgan fingerprint density at radius 3 is 2.33 bits per heavy atom. The van der Waals surface area contributed by atoms with Crippen LogP contribution in [0.3, 0.4) is 0 Å². The molecule has 0 fully saturated rings. The van der Waals surface area contributed by atoms with E-state index in [2.05, 4.69) is 40.4 Å². The van der Waals surface area contributed by atoms with Crippen molar-refractivity contribution in [2.24, 2.45) is 0 Å². The van der Waals surface area contributed by atoms with Crippen molar-refractivity contribution < 1.29 is 19.0 Å². The molecule has 7 heteroatoms. The minimum Gasteiger partial charge on any atom is -0.497 e. The molecule has 7 nitrogen and oxygen atoms in total. The van der Waals surface area contributed by atoms with Crippen molar-refractivity contribution in [3.05, 3.63) is 83.6 Å². The van der Waals surface area contributed by atoms with Gasteiger partial charge in [-0.2, -0.15) is 0 Å². The van der Waals surface area contributed by atoms with Gasteiger partial charge in [0.05, 0.1) is 21.3 Å². The van der Waals surface area contributed by atoms with Crippen LogP contribution in [0.4, 0.5) is 5.69 Å². The molecule has 0 aliphatic rings. The van der Waals surface area contributed by atoms with Gasteiger partial charge in [-0.3, -0.25) is 4.79 Å². The Morgan fingerprint density at radius 2 is 1.61 bits per heavy atom. The van der Waals surface area contributed by atoms with Gasteiger partial charge in [-0.05, 0) is 86.1 Å². The van der Waals surface area contributed by atoms with Crippen LogP contribution in [0.2, 0.25) is 0 Å². The maximum Gasteiger partial charge on any atom is 0.272 e. The number of anilines is 1. The Morgan fingerprint density at radius 1 is 0.861 bits per heavy atom. The fraction of sp³-hybridized carbons (Fsp3) is 0.276. The number of carbonyl (C=O) groups is 1. The molecule has 0 unspecified atom stereocenters. The van der Waals surface area contributed by atoms with Crippen LogP contribution in [0.15, 0.2) is 66.7 Å². The molecule has 4 aromatic rings. The average Bonchev–Trinajstić information content (AvgIpc) is 3.33. The average molecular weight is 488 g/mol. The number of H-pyrrole nitrogens is 1. The molecule has 0 spiro atoms. The Labute approximate surface area is 212 Å². The molecule has 0 radical (unpaired) electrons. The summed E-state index contributed by atoms with van der Waals surface area (Å²) in [6.45, 7) is 1.81. The Hall–Kier alpha value is -3.97. The van der Waals surface area contributed by atoms with Gasteiger partial charge in [0, 0.05) is 23.1 Å². The highest BCUT2D eigenvalue weighted by Crippen LogP contribution is 2.28. The molecule has 0 saturated carbocycles. The fourth-order valence-corrected chi connectivity index (χ4v) is 4.24. The molecule has 0 saturated heterocycles. The van der Waals surface area contributed by atoms with E-state index in [1.165, 1.54) is 11.1 Å². The maximum absolute atomic E-state index is 12.7. The lowest BCUT2D eigenvalue weighted by Crippen LogP contribution is -2.19. The van der Waals surface area contributed by atoms with Crippen molar-refractivity contribution in [3.63, 3.8) is 0 Å². The third-order valence-electron chi connectivity index (χ3n) is 6.19. The zero-order valence-corrected chi connectivity index (χ0v) is 21.3. The standard InChI is InChI=1S/C29H33N3O4/c1-32(19-21-9-14-27(35-3)28(16-21)36-4)15-5-6-20-7-10-23(11-8-20)30-29(33)26-18-22-17-24(34-2)12-13-25(22)31-26/h7-14,16-18,31H,5-6,15,19H2,1-4H3,(H,30,33). The summed E-state index contributed by atoms with van der Waals surface area (Å²) in [5.41, 5.74) is 4.60. The molecule has 4 rings (SSSR count). The number of aryl methyl sites for hydroxylation is 1. The first-order valence-electron chi connectivity index (χ1n) is 12.0. The molecule has 1 aromatic heterocycles. The highest BCUT2D eigenvalue weighted by atomic mass is 16.5. The van der Waals surface area contributed by atoms with Crippen LogP contribution < -0.4 is 19.5 Å². The largest absolute Gasteiger partial charge is 0.497 e. The van der Waals surface area contributed by atoms with Gasteiger partial charge in [0.15, 0.2) is 11.5 Å². The summed E-state index contributed by atoms with van der Waals surface area (Å²) in [5, 5.41) is 3.90. The van der Waals surface area contributed by atoms with E-state index in [4.69, 9.17) is 14.2 Å². The first kappa shape index (κ1) is 25.1. The lowest BCUT2D eigenvalue weighted by Gasteiger charge is -2.18. The normalized spacial score (nSPS) is 11.0. The minimum atomic E-state index is -0.172. The van der Waals surface area contributed by atoms with E-state index >= 15 is 0 Å². The van der Waals surface area contributed by atoms with Crippen molar-refractivity contribution in [1.82, 2.24) is 9.88 Å².